The molecule has 1 aliphatic rings. The first kappa shape index (κ1) is 17.4. The minimum Gasteiger partial charge on any atom is -0.465 e. The molecule has 0 aromatic heterocycles. The number of carbonyl (C=O) groups is 2. The molecule has 1 aliphatic carbocycles. The van der Waals surface area contributed by atoms with Gasteiger partial charge in [0.2, 0.25) is 5.91 Å². The Kier molecular flexibility index (Phi) is 7.17. The maximum atomic E-state index is 12.1. The molecule has 0 saturated heterocycles. The van der Waals surface area contributed by atoms with E-state index in [1.165, 1.54) is 0 Å². The summed E-state index contributed by atoms with van der Waals surface area (Å²) in [7, 11) is 1.68. The SMILES string of the molecule is CCOC(=O)CN(C)CC(=O)NC1(C#N)CCCCCC1. The van der Waals surface area contributed by atoms with Gasteiger partial charge >= 0.3 is 5.97 Å². The number of likely N-dealkylation sites (N-methyl/N-ethyl adjacent to an activating group) is 1. The van der Waals surface area contributed by atoms with E-state index >= 15 is 0 Å². The number of nitrogens with one attached hydrogen (secondary N) is 1. The number of hydrogen-bond acceptors (Lipinski definition) is 5. The molecule has 6 nitrogen and oxygen atoms in total. The highest BCUT2D eigenvalue weighted by Gasteiger charge is 2.32. The van der Waals surface area contributed by atoms with Gasteiger partial charge in [0.05, 0.1) is 25.8 Å². The number of carbonyl (C=O) groups excluding carboxylic acids is 2. The average molecular weight is 295 g/mol. The van der Waals surface area contributed by atoms with Gasteiger partial charge in [0, 0.05) is 0 Å². The van der Waals surface area contributed by atoms with Crippen molar-refractivity contribution in [3.8, 4) is 6.07 Å². The average Bonchev–Trinajstić information content (AvgIpc) is 2.64. The van der Waals surface area contributed by atoms with E-state index in [0.29, 0.717) is 19.4 Å². The van der Waals surface area contributed by atoms with Crippen molar-refractivity contribution < 1.29 is 14.3 Å². The third kappa shape index (κ3) is 6.13. The van der Waals surface area contributed by atoms with Crippen LogP contribution in [0.4, 0.5) is 0 Å². The minimum atomic E-state index is -0.738. The fourth-order valence-corrected chi connectivity index (χ4v) is 2.63. The predicted octanol–water partition coefficient (Wildman–Crippen LogP) is 1.21. The summed E-state index contributed by atoms with van der Waals surface area (Å²) in [6, 6.07) is 2.28. The van der Waals surface area contributed by atoms with Gasteiger partial charge in [-0.3, -0.25) is 14.5 Å². The van der Waals surface area contributed by atoms with E-state index in [0.717, 1.165) is 25.7 Å². The molecular formula is C15H25N3O3. The van der Waals surface area contributed by atoms with Crippen molar-refractivity contribution in [1.82, 2.24) is 10.2 Å². The van der Waals surface area contributed by atoms with Crippen molar-refractivity contribution in [1.29, 1.82) is 5.26 Å². The Labute approximate surface area is 126 Å². The highest BCUT2D eigenvalue weighted by atomic mass is 16.5. The molecule has 1 rings (SSSR count). The van der Waals surface area contributed by atoms with Crippen LogP contribution in [0.3, 0.4) is 0 Å². The zero-order chi connectivity index (χ0) is 15.7. The highest BCUT2D eigenvalue weighted by Crippen LogP contribution is 2.26. The van der Waals surface area contributed by atoms with Gasteiger partial charge in [-0.15, -0.1) is 0 Å². The molecule has 0 aliphatic heterocycles. The summed E-state index contributed by atoms with van der Waals surface area (Å²) in [5, 5.41) is 12.3. The zero-order valence-corrected chi connectivity index (χ0v) is 13.0. The Bertz CT molecular complexity index is 395. The third-order valence-electron chi connectivity index (χ3n) is 3.67. The number of hydrogen-bond donors (Lipinski definition) is 1. The summed E-state index contributed by atoms with van der Waals surface area (Å²) < 4.78 is 4.84. The largest absolute Gasteiger partial charge is 0.465 e. The smallest absolute Gasteiger partial charge is 0.320 e. The van der Waals surface area contributed by atoms with Crippen LogP contribution < -0.4 is 5.32 Å². The van der Waals surface area contributed by atoms with Crippen molar-refractivity contribution in [2.24, 2.45) is 0 Å². The van der Waals surface area contributed by atoms with E-state index in [9.17, 15) is 14.9 Å². The van der Waals surface area contributed by atoms with Crippen LogP contribution in [-0.2, 0) is 14.3 Å². The molecule has 0 unspecified atom stereocenters. The standard InChI is InChI=1S/C15H25N3O3/c1-3-21-14(20)11-18(2)10-13(19)17-15(12-16)8-6-4-5-7-9-15/h3-11H2,1-2H3,(H,17,19). The Morgan fingerprint density at radius 2 is 1.86 bits per heavy atom. The van der Waals surface area contributed by atoms with Crippen molar-refractivity contribution in [3.63, 3.8) is 0 Å². The number of nitrogens with zero attached hydrogens (tertiary/aromatic N) is 2. The van der Waals surface area contributed by atoms with E-state index in [2.05, 4.69) is 11.4 Å². The second-order valence-corrected chi connectivity index (χ2v) is 5.63. The lowest BCUT2D eigenvalue weighted by atomic mass is 9.92. The first-order valence-electron chi connectivity index (χ1n) is 7.58. The first-order chi connectivity index (χ1) is 10.0. The van der Waals surface area contributed by atoms with Gasteiger partial charge < -0.3 is 10.1 Å². The van der Waals surface area contributed by atoms with Gasteiger partial charge in [-0.2, -0.15) is 5.26 Å². The Morgan fingerprint density at radius 1 is 1.24 bits per heavy atom. The molecule has 0 bridgehead atoms. The van der Waals surface area contributed by atoms with Crippen LogP contribution >= 0.6 is 0 Å². The van der Waals surface area contributed by atoms with E-state index in [-0.39, 0.29) is 25.0 Å². The summed E-state index contributed by atoms with van der Waals surface area (Å²) >= 11 is 0. The lowest BCUT2D eigenvalue weighted by Crippen LogP contribution is -2.50. The summed E-state index contributed by atoms with van der Waals surface area (Å²) in [6.07, 6.45) is 5.57. The first-order valence-corrected chi connectivity index (χ1v) is 7.58. The van der Waals surface area contributed by atoms with Gasteiger partial charge in [-0.05, 0) is 26.8 Å². The van der Waals surface area contributed by atoms with Gasteiger partial charge in [0.25, 0.3) is 0 Å². The fourth-order valence-electron chi connectivity index (χ4n) is 2.63. The van der Waals surface area contributed by atoms with E-state index in [1.807, 2.05) is 0 Å². The second kappa shape index (κ2) is 8.63. The van der Waals surface area contributed by atoms with Crippen LogP contribution in [0.5, 0.6) is 0 Å². The molecule has 0 spiro atoms. The monoisotopic (exact) mass is 295 g/mol. The van der Waals surface area contributed by atoms with Crippen LogP contribution in [0.15, 0.2) is 0 Å². The number of esters is 1. The Hall–Kier alpha value is -1.61. The van der Waals surface area contributed by atoms with Crippen LogP contribution in [0.25, 0.3) is 0 Å². The summed E-state index contributed by atoms with van der Waals surface area (Å²) in [4.78, 5) is 25.0. The maximum Gasteiger partial charge on any atom is 0.320 e. The van der Waals surface area contributed by atoms with Crippen molar-refractivity contribution in [2.45, 2.75) is 51.0 Å². The molecule has 118 valence electrons. The molecule has 0 aromatic carbocycles. The topological polar surface area (TPSA) is 82.4 Å². The summed E-state index contributed by atoms with van der Waals surface area (Å²) in [6.45, 7) is 2.23. The van der Waals surface area contributed by atoms with Crippen LogP contribution in [0.1, 0.15) is 45.4 Å². The van der Waals surface area contributed by atoms with Crippen molar-refractivity contribution >= 4 is 11.9 Å². The second-order valence-electron chi connectivity index (χ2n) is 5.63. The molecule has 21 heavy (non-hydrogen) atoms. The molecule has 1 amide bonds. The van der Waals surface area contributed by atoms with Gasteiger partial charge in [0.15, 0.2) is 0 Å². The van der Waals surface area contributed by atoms with E-state index < -0.39 is 5.54 Å². The molecule has 6 heteroatoms. The summed E-state index contributed by atoms with van der Waals surface area (Å²) in [5.74, 6) is -0.567. The molecule has 0 radical (unpaired) electrons. The van der Waals surface area contributed by atoms with Crippen LogP contribution in [-0.4, -0.2) is 49.1 Å². The molecule has 1 saturated carbocycles. The van der Waals surface area contributed by atoms with E-state index in [4.69, 9.17) is 4.74 Å². The van der Waals surface area contributed by atoms with Gasteiger partial charge in [0.1, 0.15) is 5.54 Å². The summed E-state index contributed by atoms with van der Waals surface area (Å²) in [5.41, 5.74) is -0.738. The highest BCUT2D eigenvalue weighted by molar-refractivity contribution is 5.80. The Balaban J connectivity index is 2.47. The quantitative estimate of drug-likeness (QED) is 0.588. The van der Waals surface area contributed by atoms with Crippen LogP contribution in [0.2, 0.25) is 0 Å². The molecule has 1 N–H and O–H groups in total. The van der Waals surface area contributed by atoms with Gasteiger partial charge in [-0.1, -0.05) is 25.7 Å². The van der Waals surface area contributed by atoms with Crippen LogP contribution in [0, 0.1) is 11.3 Å². The molecule has 0 aromatic rings. The number of rotatable bonds is 6. The molecule has 0 atom stereocenters. The fraction of sp³-hybridized carbons (Fsp3) is 0.800. The maximum absolute atomic E-state index is 12.1. The van der Waals surface area contributed by atoms with Crippen molar-refractivity contribution in [3.05, 3.63) is 0 Å². The number of nitriles is 1. The lowest BCUT2D eigenvalue weighted by molar-refractivity contribution is -0.144. The molecule has 0 heterocycles. The van der Waals surface area contributed by atoms with E-state index in [1.54, 1.807) is 18.9 Å². The minimum absolute atomic E-state index is 0.0703. The van der Waals surface area contributed by atoms with Gasteiger partial charge in [-0.25, -0.2) is 0 Å². The number of amides is 1. The Morgan fingerprint density at radius 3 is 2.38 bits per heavy atom. The van der Waals surface area contributed by atoms with Crippen molar-refractivity contribution in [2.75, 3.05) is 26.7 Å². The lowest BCUT2D eigenvalue weighted by Gasteiger charge is -2.27. The molecule has 1 fully saturated rings. The number of ether oxygens (including phenoxy) is 1. The molecular weight excluding hydrogens is 270 g/mol. The normalized spacial score (nSPS) is 17.6. The zero-order valence-electron chi connectivity index (χ0n) is 13.0. The predicted molar refractivity (Wildman–Crippen MR) is 78.3 cm³/mol. The third-order valence-corrected chi connectivity index (χ3v) is 3.67.